The van der Waals surface area contributed by atoms with E-state index in [4.69, 9.17) is 19.6 Å². The SMILES string of the molecule is CCCCCN(C)CCC(O)(P(=O)(O)O)P(=O)(O)O.O.[H-].[H-].[H-].[Mg+2].[Na+]. The van der Waals surface area contributed by atoms with Gasteiger partial charge in [0.05, 0.1) is 0 Å². The molecule has 13 heteroatoms. The van der Waals surface area contributed by atoms with Crippen LogP contribution in [0, 0.1) is 0 Å². The first-order valence-corrected chi connectivity index (χ1v) is 9.20. The van der Waals surface area contributed by atoms with Crippen LogP contribution in [-0.2, 0) is 9.13 Å². The fourth-order valence-electron chi connectivity index (χ4n) is 1.55. The van der Waals surface area contributed by atoms with E-state index in [0.717, 1.165) is 19.3 Å². The third kappa shape index (κ3) is 10.1. The Morgan fingerprint density at radius 2 is 1.45 bits per heavy atom. The van der Waals surface area contributed by atoms with Crippen molar-refractivity contribution in [1.29, 1.82) is 0 Å². The van der Waals surface area contributed by atoms with Crippen molar-refractivity contribution in [2.24, 2.45) is 0 Å². The van der Waals surface area contributed by atoms with Crippen molar-refractivity contribution in [2.45, 2.75) is 37.7 Å². The number of unbranched alkanes of at least 4 members (excludes halogenated alkanes) is 2. The Labute approximate surface area is 173 Å². The molecule has 0 amide bonds. The fraction of sp³-hybridized carbons (Fsp3) is 1.00. The third-order valence-electron chi connectivity index (χ3n) is 2.91. The molecule has 130 valence electrons. The number of rotatable bonds is 9. The molecule has 0 bridgehead atoms. The minimum Gasteiger partial charge on any atom is -1.00 e. The Morgan fingerprint density at radius 3 is 1.77 bits per heavy atom. The topological polar surface area (TPSA) is 170 Å². The monoisotopic (exact) mass is 387 g/mol. The summed E-state index contributed by atoms with van der Waals surface area (Å²) in [6.45, 7) is 2.64. The van der Waals surface area contributed by atoms with Gasteiger partial charge in [-0.2, -0.15) is 0 Å². The number of hydrogen-bond donors (Lipinski definition) is 5. The van der Waals surface area contributed by atoms with Crippen molar-refractivity contribution in [3.63, 3.8) is 0 Å². The van der Waals surface area contributed by atoms with E-state index < -0.39 is 26.7 Å². The van der Waals surface area contributed by atoms with Gasteiger partial charge in [0.15, 0.2) is 0 Å². The van der Waals surface area contributed by atoms with Crippen LogP contribution in [0.2, 0.25) is 0 Å². The summed E-state index contributed by atoms with van der Waals surface area (Å²) >= 11 is 0. The molecule has 0 aromatic heterocycles. The van der Waals surface area contributed by atoms with Crippen molar-refractivity contribution in [2.75, 3.05) is 20.1 Å². The van der Waals surface area contributed by atoms with E-state index in [1.165, 1.54) is 0 Å². The smallest absolute Gasteiger partial charge is 1.00 e. The Morgan fingerprint density at radius 1 is 1.05 bits per heavy atom. The van der Waals surface area contributed by atoms with Gasteiger partial charge in [-0.05, 0) is 20.0 Å². The molecule has 0 radical (unpaired) electrons. The van der Waals surface area contributed by atoms with Crippen molar-refractivity contribution in [3.05, 3.63) is 0 Å². The summed E-state index contributed by atoms with van der Waals surface area (Å²) in [5, 5.41) is 6.35. The van der Waals surface area contributed by atoms with Gasteiger partial charge in [-0.25, -0.2) is 0 Å². The van der Waals surface area contributed by atoms with Crippen LogP contribution < -0.4 is 29.6 Å². The molecular formula is C9H28MgNNaO8P2. The standard InChI is InChI=1S/C9H23NO7P2.Mg.Na.H2O.3H/c1-3-4-5-7-10(2)8-6-9(11,18(12,13)14)19(15,16)17;;;;;;/h11H,3-8H2,1-2H3,(H2,12,13,14)(H2,15,16,17);;;1H2;;;/q;+2;+1;;3*-1. The van der Waals surface area contributed by atoms with Gasteiger partial charge in [0.1, 0.15) is 0 Å². The molecule has 0 aliphatic carbocycles. The van der Waals surface area contributed by atoms with Gasteiger partial charge in [0.25, 0.3) is 5.08 Å². The van der Waals surface area contributed by atoms with E-state index in [0.29, 0.717) is 6.54 Å². The van der Waals surface area contributed by atoms with E-state index in [2.05, 4.69) is 0 Å². The number of hydrogen-bond acceptors (Lipinski definition) is 4. The molecule has 0 heterocycles. The van der Waals surface area contributed by atoms with Gasteiger partial charge in [-0.15, -0.1) is 0 Å². The van der Waals surface area contributed by atoms with Gasteiger partial charge in [0.2, 0.25) is 0 Å². The number of aliphatic hydroxyl groups is 1. The first kappa shape index (κ1) is 31.7. The minimum absolute atomic E-state index is 0. The van der Waals surface area contributed by atoms with Gasteiger partial charge in [-0.1, -0.05) is 19.8 Å². The first-order chi connectivity index (χ1) is 8.45. The van der Waals surface area contributed by atoms with Gasteiger partial charge in [-0.3, -0.25) is 9.13 Å². The minimum atomic E-state index is -5.33. The molecule has 0 aromatic carbocycles. The molecule has 7 N–H and O–H groups in total. The summed E-state index contributed by atoms with van der Waals surface area (Å²) in [6, 6.07) is 0. The quantitative estimate of drug-likeness (QED) is 0.155. The number of nitrogens with zero attached hydrogens (tertiary/aromatic N) is 1. The molecule has 9 nitrogen and oxygen atoms in total. The molecule has 0 atom stereocenters. The van der Waals surface area contributed by atoms with E-state index in [-0.39, 0.29) is 68.9 Å². The normalized spacial score (nSPS) is 12.2. The molecule has 0 rings (SSSR count). The third-order valence-corrected chi connectivity index (χ3v) is 6.78. The van der Waals surface area contributed by atoms with Crippen LogP contribution in [0.4, 0.5) is 0 Å². The molecule has 0 saturated carbocycles. The Bertz CT molecular complexity index is 368. The summed E-state index contributed by atoms with van der Waals surface area (Å²) in [5.74, 6) is 0. The van der Waals surface area contributed by atoms with Crippen LogP contribution in [-0.4, -0.2) is 83.3 Å². The zero-order chi connectivity index (χ0) is 15.3. The van der Waals surface area contributed by atoms with E-state index in [9.17, 15) is 14.2 Å². The maximum atomic E-state index is 11.1. The van der Waals surface area contributed by atoms with E-state index in [1.54, 1.807) is 11.9 Å². The van der Waals surface area contributed by atoms with Crippen molar-refractivity contribution in [3.8, 4) is 0 Å². The summed E-state index contributed by atoms with van der Waals surface area (Å²) in [5.41, 5.74) is 0. The van der Waals surface area contributed by atoms with Gasteiger partial charge in [0, 0.05) is 13.0 Å². The molecule has 0 aliphatic rings. The summed E-state index contributed by atoms with van der Waals surface area (Å²) < 4.78 is 22.2. The van der Waals surface area contributed by atoms with Crippen LogP contribution in [0.5, 0.6) is 0 Å². The van der Waals surface area contributed by atoms with Crippen LogP contribution in [0.15, 0.2) is 0 Å². The predicted molar refractivity (Wildman–Crippen MR) is 83.4 cm³/mol. The van der Waals surface area contributed by atoms with Crippen LogP contribution >= 0.6 is 15.2 Å². The molecule has 0 saturated heterocycles. The summed E-state index contributed by atoms with van der Waals surface area (Å²) in [4.78, 5) is 37.5. The zero-order valence-electron chi connectivity index (χ0n) is 16.3. The van der Waals surface area contributed by atoms with Crippen LogP contribution in [0.3, 0.4) is 0 Å². The molecule has 0 aromatic rings. The maximum absolute atomic E-state index is 11.1. The second-order valence-corrected chi connectivity index (χ2v) is 8.63. The Hall–Kier alpha value is 1.95. The predicted octanol–water partition coefficient (Wildman–Crippen LogP) is -3.36. The molecule has 0 fully saturated rings. The Balaban J connectivity index is -0.000000108. The molecule has 22 heavy (non-hydrogen) atoms. The zero-order valence-corrected chi connectivity index (χ0v) is 18.5. The second-order valence-electron chi connectivity index (χ2n) is 4.62. The average molecular weight is 388 g/mol. The second kappa shape index (κ2) is 13.2. The molecule has 0 spiro atoms. The first-order valence-electron chi connectivity index (χ1n) is 5.98. The van der Waals surface area contributed by atoms with Crippen LogP contribution in [0.25, 0.3) is 0 Å². The van der Waals surface area contributed by atoms with Gasteiger partial charge >= 0.3 is 67.8 Å². The van der Waals surface area contributed by atoms with Crippen molar-refractivity contribution >= 4 is 38.2 Å². The fourth-order valence-corrected chi connectivity index (χ4v) is 3.69. The average Bonchev–Trinajstić information content (AvgIpc) is 2.23. The van der Waals surface area contributed by atoms with E-state index in [1.807, 2.05) is 6.92 Å². The van der Waals surface area contributed by atoms with Crippen molar-refractivity contribution in [1.82, 2.24) is 4.90 Å². The summed E-state index contributed by atoms with van der Waals surface area (Å²) in [7, 11) is -9.00. The summed E-state index contributed by atoms with van der Waals surface area (Å²) in [6.07, 6.45) is 2.19. The van der Waals surface area contributed by atoms with Crippen LogP contribution in [0.1, 0.15) is 36.9 Å². The van der Waals surface area contributed by atoms with Gasteiger partial charge < -0.3 is 39.3 Å². The maximum Gasteiger partial charge on any atom is 2.00 e. The van der Waals surface area contributed by atoms with E-state index >= 15 is 0 Å². The van der Waals surface area contributed by atoms with Crippen molar-refractivity contribution < 1.29 is 73.1 Å². The largest absolute Gasteiger partial charge is 2.00 e. The molecular weight excluding hydrogens is 359 g/mol. The Kier molecular flexibility index (Phi) is 19.0. The molecule has 0 aliphatic heterocycles. The molecule has 0 unspecified atom stereocenters.